The second kappa shape index (κ2) is 4.63. The molecule has 0 aliphatic carbocycles. The van der Waals surface area contributed by atoms with Gasteiger partial charge in [-0.15, -0.1) is 0 Å². The number of carboxylic acids is 1. The number of carbonyl (C=O) groups is 1. The zero-order chi connectivity index (χ0) is 11.5. The summed E-state index contributed by atoms with van der Waals surface area (Å²) in [5, 5.41) is 8.71. The van der Waals surface area contributed by atoms with Crippen LogP contribution in [0, 0.1) is 0 Å². The van der Waals surface area contributed by atoms with Crippen LogP contribution in [0.2, 0.25) is 0 Å². The van der Waals surface area contributed by atoms with E-state index >= 15 is 0 Å². The van der Waals surface area contributed by atoms with Gasteiger partial charge in [0.15, 0.2) is 6.10 Å². The molecule has 1 saturated heterocycles. The van der Waals surface area contributed by atoms with Crippen molar-refractivity contribution in [1.82, 2.24) is 0 Å². The van der Waals surface area contributed by atoms with Crippen molar-refractivity contribution < 1.29 is 19.4 Å². The number of aliphatic carboxylic acids is 1. The van der Waals surface area contributed by atoms with E-state index in [9.17, 15) is 4.79 Å². The highest BCUT2D eigenvalue weighted by atomic mass is 16.6. The number of benzene rings is 1. The zero-order valence-corrected chi connectivity index (χ0v) is 9.05. The fraction of sp³-hybridized carbons (Fsp3) is 0.417. The van der Waals surface area contributed by atoms with Crippen LogP contribution in [0.4, 0.5) is 0 Å². The topological polar surface area (TPSA) is 59.1 Å². The van der Waals surface area contributed by atoms with Gasteiger partial charge in [-0.25, -0.2) is 4.79 Å². The molecule has 86 valence electrons. The minimum Gasteiger partial charge on any atom is -0.479 e. The summed E-state index contributed by atoms with van der Waals surface area (Å²) < 4.78 is 10.0. The second-order valence-electron chi connectivity index (χ2n) is 3.80. The molecule has 1 aliphatic heterocycles. The highest BCUT2D eigenvalue weighted by Crippen LogP contribution is 2.38. The van der Waals surface area contributed by atoms with E-state index in [0.717, 1.165) is 12.0 Å². The molecule has 4 heteroatoms. The van der Waals surface area contributed by atoms with Gasteiger partial charge < -0.3 is 14.6 Å². The predicted octanol–water partition coefficient (Wildman–Crippen LogP) is 1.40. The van der Waals surface area contributed by atoms with Crippen LogP contribution in [-0.2, 0) is 20.7 Å². The van der Waals surface area contributed by atoms with E-state index < -0.39 is 12.1 Å². The summed E-state index contributed by atoms with van der Waals surface area (Å²) in [5.74, 6) is -0.895. The lowest BCUT2D eigenvalue weighted by molar-refractivity contribution is -0.138. The summed E-state index contributed by atoms with van der Waals surface area (Å²) in [4.78, 5) is 10.6. The van der Waals surface area contributed by atoms with Gasteiger partial charge >= 0.3 is 5.97 Å². The molecular formula is C12H14O4. The first-order chi connectivity index (χ1) is 7.72. The Balaban J connectivity index is 1.95. The molecular weight excluding hydrogens is 208 g/mol. The van der Waals surface area contributed by atoms with Gasteiger partial charge in [0.1, 0.15) is 6.10 Å². The SMILES string of the molecule is COCCc1ccc(C2OC2C(=O)O)cc1. The van der Waals surface area contributed by atoms with Crippen molar-refractivity contribution >= 4 is 5.97 Å². The standard InChI is InChI=1S/C12H14O4/c1-15-7-6-8-2-4-9(5-3-8)10-11(16-10)12(13)14/h2-5,10-11H,6-7H2,1H3,(H,13,14). The Bertz CT molecular complexity index is 371. The Morgan fingerprint density at radius 2 is 2.12 bits per heavy atom. The van der Waals surface area contributed by atoms with Gasteiger partial charge in [0.2, 0.25) is 0 Å². The predicted molar refractivity (Wildman–Crippen MR) is 57.3 cm³/mol. The van der Waals surface area contributed by atoms with E-state index in [0.29, 0.717) is 6.61 Å². The third kappa shape index (κ3) is 2.40. The number of epoxide rings is 1. The van der Waals surface area contributed by atoms with Gasteiger partial charge in [-0.2, -0.15) is 0 Å². The zero-order valence-electron chi connectivity index (χ0n) is 9.05. The van der Waals surface area contributed by atoms with Crippen molar-refractivity contribution in [2.75, 3.05) is 13.7 Å². The van der Waals surface area contributed by atoms with E-state index in [4.69, 9.17) is 14.6 Å². The number of hydrogen-bond acceptors (Lipinski definition) is 3. The van der Waals surface area contributed by atoms with Crippen LogP contribution in [0.1, 0.15) is 17.2 Å². The van der Waals surface area contributed by atoms with Gasteiger partial charge in [-0.05, 0) is 17.5 Å². The van der Waals surface area contributed by atoms with Crippen molar-refractivity contribution in [3.63, 3.8) is 0 Å². The Morgan fingerprint density at radius 3 is 2.62 bits per heavy atom. The summed E-state index contributed by atoms with van der Waals surface area (Å²) in [7, 11) is 1.67. The lowest BCUT2D eigenvalue weighted by atomic mass is 10.1. The first-order valence-corrected chi connectivity index (χ1v) is 5.18. The average molecular weight is 222 g/mol. The van der Waals surface area contributed by atoms with E-state index in [1.54, 1.807) is 7.11 Å². The van der Waals surface area contributed by atoms with Gasteiger partial charge in [0.05, 0.1) is 6.61 Å². The van der Waals surface area contributed by atoms with Crippen molar-refractivity contribution in [3.8, 4) is 0 Å². The Morgan fingerprint density at radius 1 is 1.44 bits per heavy atom. The van der Waals surface area contributed by atoms with Crippen molar-refractivity contribution in [2.24, 2.45) is 0 Å². The molecule has 1 aromatic rings. The average Bonchev–Trinajstić information content (AvgIpc) is 3.07. The van der Waals surface area contributed by atoms with Gasteiger partial charge in [0.25, 0.3) is 0 Å². The van der Waals surface area contributed by atoms with Crippen molar-refractivity contribution in [2.45, 2.75) is 18.6 Å². The largest absolute Gasteiger partial charge is 0.479 e. The molecule has 1 fully saturated rings. The van der Waals surface area contributed by atoms with Crippen LogP contribution in [0.15, 0.2) is 24.3 Å². The van der Waals surface area contributed by atoms with E-state index in [2.05, 4.69) is 0 Å². The monoisotopic (exact) mass is 222 g/mol. The Kier molecular flexibility index (Phi) is 3.22. The van der Waals surface area contributed by atoms with Gasteiger partial charge in [-0.3, -0.25) is 0 Å². The highest BCUT2D eigenvalue weighted by Gasteiger charge is 2.46. The summed E-state index contributed by atoms with van der Waals surface area (Å²) >= 11 is 0. The molecule has 1 N–H and O–H groups in total. The summed E-state index contributed by atoms with van der Waals surface area (Å²) in [5.41, 5.74) is 2.10. The normalized spacial score (nSPS) is 23.1. The van der Waals surface area contributed by atoms with Crippen LogP contribution in [-0.4, -0.2) is 30.9 Å². The maximum Gasteiger partial charge on any atom is 0.335 e. The Hall–Kier alpha value is -1.39. The smallest absolute Gasteiger partial charge is 0.335 e. The van der Waals surface area contributed by atoms with E-state index in [-0.39, 0.29) is 6.10 Å². The molecule has 1 heterocycles. The van der Waals surface area contributed by atoms with E-state index in [1.165, 1.54) is 5.56 Å². The Labute approximate surface area is 93.8 Å². The molecule has 0 saturated carbocycles. The van der Waals surface area contributed by atoms with Crippen LogP contribution in [0.25, 0.3) is 0 Å². The molecule has 0 amide bonds. The van der Waals surface area contributed by atoms with Crippen molar-refractivity contribution in [1.29, 1.82) is 0 Å². The summed E-state index contributed by atoms with van der Waals surface area (Å²) in [6.07, 6.45) is -0.0659. The molecule has 2 atom stereocenters. The fourth-order valence-corrected chi connectivity index (χ4v) is 1.65. The van der Waals surface area contributed by atoms with Crippen LogP contribution in [0.5, 0.6) is 0 Å². The molecule has 0 aromatic heterocycles. The van der Waals surface area contributed by atoms with Crippen molar-refractivity contribution in [3.05, 3.63) is 35.4 Å². The first-order valence-electron chi connectivity index (χ1n) is 5.18. The summed E-state index contributed by atoms with van der Waals surface area (Å²) in [6.45, 7) is 0.691. The molecule has 16 heavy (non-hydrogen) atoms. The number of hydrogen-bond donors (Lipinski definition) is 1. The number of ether oxygens (including phenoxy) is 2. The third-order valence-electron chi connectivity index (χ3n) is 2.64. The maximum atomic E-state index is 10.6. The molecule has 2 unspecified atom stereocenters. The highest BCUT2D eigenvalue weighted by molar-refractivity contribution is 5.76. The lowest BCUT2D eigenvalue weighted by Gasteiger charge is -2.01. The quantitative estimate of drug-likeness (QED) is 0.765. The number of rotatable bonds is 5. The second-order valence-corrected chi connectivity index (χ2v) is 3.80. The first kappa shape index (κ1) is 11.1. The minimum atomic E-state index is -0.895. The lowest BCUT2D eigenvalue weighted by Crippen LogP contribution is -2.04. The molecule has 2 rings (SSSR count). The molecule has 1 aliphatic rings. The molecule has 0 bridgehead atoms. The van der Waals surface area contributed by atoms with Crippen LogP contribution < -0.4 is 0 Å². The fourth-order valence-electron chi connectivity index (χ4n) is 1.65. The van der Waals surface area contributed by atoms with Gasteiger partial charge in [0, 0.05) is 7.11 Å². The number of carboxylic acid groups (broad SMARTS) is 1. The maximum absolute atomic E-state index is 10.6. The molecule has 0 radical (unpaired) electrons. The molecule has 0 spiro atoms. The molecule has 4 nitrogen and oxygen atoms in total. The third-order valence-corrected chi connectivity index (χ3v) is 2.64. The van der Waals surface area contributed by atoms with Crippen LogP contribution >= 0.6 is 0 Å². The molecule has 1 aromatic carbocycles. The van der Waals surface area contributed by atoms with Gasteiger partial charge in [-0.1, -0.05) is 24.3 Å². The number of methoxy groups -OCH3 is 1. The minimum absolute atomic E-state index is 0.269. The van der Waals surface area contributed by atoms with E-state index in [1.807, 2.05) is 24.3 Å². The van der Waals surface area contributed by atoms with Crippen LogP contribution in [0.3, 0.4) is 0 Å². The summed E-state index contributed by atoms with van der Waals surface area (Å²) in [6, 6.07) is 7.79.